The van der Waals surface area contributed by atoms with Crippen molar-refractivity contribution in [1.82, 2.24) is 9.97 Å². The normalized spacial score (nSPS) is 10.2. The number of ether oxygens (including phenoxy) is 2. The first-order valence-corrected chi connectivity index (χ1v) is 5.34. The van der Waals surface area contributed by atoms with Gasteiger partial charge >= 0.3 is 5.97 Å². The Morgan fingerprint density at radius 3 is 2.82 bits per heavy atom. The SMILES string of the molecule is CCOC(=O)c1[nH]c(-c2ccc[nH]2)cc1OC. The van der Waals surface area contributed by atoms with Crippen LogP contribution in [0.15, 0.2) is 24.4 Å². The lowest BCUT2D eigenvalue weighted by Gasteiger charge is -2.01. The van der Waals surface area contributed by atoms with Gasteiger partial charge in [0.15, 0.2) is 11.4 Å². The van der Waals surface area contributed by atoms with Crippen molar-refractivity contribution in [2.75, 3.05) is 13.7 Å². The van der Waals surface area contributed by atoms with Gasteiger partial charge in [-0.05, 0) is 19.1 Å². The summed E-state index contributed by atoms with van der Waals surface area (Å²) in [6, 6.07) is 5.55. The van der Waals surface area contributed by atoms with Gasteiger partial charge in [0.05, 0.1) is 25.1 Å². The highest BCUT2D eigenvalue weighted by atomic mass is 16.5. The smallest absolute Gasteiger partial charge is 0.358 e. The second kappa shape index (κ2) is 4.78. The predicted octanol–water partition coefficient (Wildman–Crippen LogP) is 2.20. The molecule has 0 spiro atoms. The molecule has 2 aromatic heterocycles. The van der Waals surface area contributed by atoms with Crippen LogP contribution in [0.3, 0.4) is 0 Å². The topological polar surface area (TPSA) is 67.1 Å². The molecule has 2 rings (SSSR count). The van der Waals surface area contributed by atoms with Crippen molar-refractivity contribution < 1.29 is 14.3 Å². The van der Waals surface area contributed by atoms with Crippen LogP contribution in [0.5, 0.6) is 5.75 Å². The Labute approximate surface area is 98.8 Å². The molecule has 0 saturated heterocycles. The van der Waals surface area contributed by atoms with Crippen molar-refractivity contribution in [2.24, 2.45) is 0 Å². The van der Waals surface area contributed by atoms with Gasteiger partial charge < -0.3 is 19.4 Å². The van der Waals surface area contributed by atoms with Crippen molar-refractivity contribution in [1.29, 1.82) is 0 Å². The van der Waals surface area contributed by atoms with Crippen LogP contribution in [0.25, 0.3) is 11.4 Å². The second-order valence-corrected chi connectivity index (χ2v) is 3.43. The molecule has 17 heavy (non-hydrogen) atoms. The number of hydrogen-bond donors (Lipinski definition) is 2. The van der Waals surface area contributed by atoms with Gasteiger partial charge in [-0.2, -0.15) is 0 Å². The number of rotatable bonds is 4. The van der Waals surface area contributed by atoms with E-state index in [-0.39, 0.29) is 0 Å². The van der Waals surface area contributed by atoms with E-state index in [0.29, 0.717) is 18.1 Å². The van der Waals surface area contributed by atoms with Crippen molar-refractivity contribution in [3.8, 4) is 17.1 Å². The van der Waals surface area contributed by atoms with Gasteiger partial charge in [-0.3, -0.25) is 0 Å². The van der Waals surface area contributed by atoms with E-state index in [9.17, 15) is 4.79 Å². The molecule has 0 fully saturated rings. The zero-order valence-corrected chi connectivity index (χ0v) is 9.74. The van der Waals surface area contributed by atoms with Crippen LogP contribution in [-0.2, 0) is 4.74 Å². The fourth-order valence-electron chi connectivity index (χ4n) is 1.59. The number of aromatic amines is 2. The van der Waals surface area contributed by atoms with Gasteiger partial charge in [0.2, 0.25) is 0 Å². The van der Waals surface area contributed by atoms with E-state index in [1.54, 1.807) is 13.0 Å². The fourth-order valence-corrected chi connectivity index (χ4v) is 1.59. The third-order valence-corrected chi connectivity index (χ3v) is 2.37. The van der Waals surface area contributed by atoms with Crippen molar-refractivity contribution in [3.05, 3.63) is 30.1 Å². The van der Waals surface area contributed by atoms with Crippen LogP contribution in [0.4, 0.5) is 0 Å². The number of nitrogens with one attached hydrogen (secondary N) is 2. The summed E-state index contributed by atoms with van der Waals surface area (Å²) in [4.78, 5) is 17.7. The first-order chi connectivity index (χ1) is 8.26. The molecule has 0 aliphatic heterocycles. The van der Waals surface area contributed by atoms with Crippen LogP contribution < -0.4 is 4.74 Å². The van der Waals surface area contributed by atoms with E-state index in [2.05, 4.69) is 9.97 Å². The Morgan fingerprint density at radius 2 is 2.24 bits per heavy atom. The van der Waals surface area contributed by atoms with Crippen molar-refractivity contribution in [3.63, 3.8) is 0 Å². The lowest BCUT2D eigenvalue weighted by Crippen LogP contribution is -2.06. The summed E-state index contributed by atoms with van der Waals surface area (Å²) >= 11 is 0. The van der Waals surface area contributed by atoms with Gasteiger partial charge in [0.25, 0.3) is 0 Å². The molecule has 0 unspecified atom stereocenters. The van der Waals surface area contributed by atoms with E-state index in [1.165, 1.54) is 7.11 Å². The molecule has 5 nitrogen and oxygen atoms in total. The second-order valence-electron chi connectivity index (χ2n) is 3.43. The van der Waals surface area contributed by atoms with E-state index < -0.39 is 5.97 Å². The minimum atomic E-state index is -0.415. The van der Waals surface area contributed by atoms with Gasteiger partial charge in [0.1, 0.15) is 0 Å². The number of hydrogen-bond acceptors (Lipinski definition) is 3. The largest absolute Gasteiger partial charge is 0.494 e. The first-order valence-electron chi connectivity index (χ1n) is 5.34. The van der Waals surface area contributed by atoms with Crippen molar-refractivity contribution in [2.45, 2.75) is 6.92 Å². The number of carbonyl (C=O) groups is 1. The van der Waals surface area contributed by atoms with E-state index in [0.717, 1.165) is 11.4 Å². The van der Waals surface area contributed by atoms with Crippen LogP contribution >= 0.6 is 0 Å². The van der Waals surface area contributed by atoms with E-state index in [4.69, 9.17) is 9.47 Å². The molecule has 90 valence electrons. The average molecular weight is 234 g/mol. The molecule has 0 amide bonds. The lowest BCUT2D eigenvalue weighted by atomic mass is 10.3. The molecule has 2 N–H and O–H groups in total. The fraction of sp³-hybridized carbons (Fsp3) is 0.250. The molecular weight excluding hydrogens is 220 g/mol. The summed E-state index contributed by atoms with van der Waals surface area (Å²) in [5.41, 5.74) is 2.01. The number of esters is 1. The third-order valence-electron chi connectivity index (χ3n) is 2.37. The van der Waals surface area contributed by atoms with Gasteiger partial charge in [-0.1, -0.05) is 0 Å². The summed E-state index contributed by atoms with van der Waals surface area (Å²) in [5, 5.41) is 0. The number of H-pyrrole nitrogens is 2. The number of carbonyl (C=O) groups excluding carboxylic acids is 1. The van der Waals surface area contributed by atoms with E-state index in [1.807, 2.05) is 18.3 Å². The van der Waals surface area contributed by atoms with Crippen LogP contribution in [0.1, 0.15) is 17.4 Å². The van der Waals surface area contributed by atoms with Crippen LogP contribution in [-0.4, -0.2) is 29.7 Å². The third kappa shape index (κ3) is 2.18. The first kappa shape index (κ1) is 11.3. The average Bonchev–Trinajstić information content (AvgIpc) is 2.97. The monoisotopic (exact) mass is 234 g/mol. The summed E-state index contributed by atoms with van der Waals surface area (Å²) in [6.45, 7) is 2.10. The van der Waals surface area contributed by atoms with Gasteiger partial charge in [0, 0.05) is 12.3 Å². The Hall–Kier alpha value is -2.17. The highest BCUT2D eigenvalue weighted by molar-refractivity contribution is 5.92. The number of methoxy groups -OCH3 is 1. The zero-order chi connectivity index (χ0) is 12.3. The maximum atomic E-state index is 11.7. The van der Waals surface area contributed by atoms with Gasteiger partial charge in [-0.15, -0.1) is 0 Å². The van der Waals surface area contributed by atoms with Gasteiger partial charge in [-0.25, -0.2) is 4.79 Å². The highest BCUT2D eigenvalue weighted by Gasteiger charge is 2.18. The molecule has 0 atom stereocenters. The van der Waals surface area contributed by atoms with Crippen molar-refractivity contribution >= 4 is 5.97 Å². The molecule has 2 aromatic rings. The maximum Gasteiger partial charge on any atom is 0.358 e. The highest BCUT2D eigenvalue weighted by Crippen LogP contribution is 2.26. The molecule has 0 radical (unpaired) electrons. The molecule has 0 aliphatic rings. The Balaban J connectivity index is 2.36. The zero-order valence-electron chi connectivity index (χ0n) is 9.74. The molecule has 0 bridgehead atoms. The molecule has 0 aromatic carbocycles. The lowest BCUT2D eigenvalue weighted by molar-refractivity contribution is 0.0516. The standard InChI is InChI=1S/C12H14N2O3/c1-3-17-12(15)11-10(16-2)7-9(14-11)8-5-4-6-13-8/h4-7,13-14H,3H2,1-2H3. The summed E-state index contributed by atoms with van der Waals surface area (Å²) in [5.74, 6) is 0.0650. The minimum Gasteiger partial charge on any atom is -0.494 e. The minimum absolute atomic E-state index is 0.332. The summed E-state index contributed by atoms with van der Waals surface area (Å²) in [6.07, 6.45) is 1.81. The summed E-state index contributed by atoms with van der Waals surface area (Å²) in [7, 11) is 1.52. The molecule has 0 aliphatic carbocycles. The quantitative estimate of drug-likeness (QED) is 0.797. The molecule has 2 heterocycles. The summed E-state index contributed by atoms with van der Waals surface area (Å²) < 4.78 is 10.1. The van der Waals surface area contributed by atoms with Crippen LogP contribution in [0.2, 0.25) is 0 Å². The van der Waals surface area contributed by atoms with Crippen LogP contribution in [0, 0.1) is 0 Å². The predicted molar refractivity (Wildman–Crippen MR) is 63.1 cm³/mol. The molecular formula is C12H14N2O3. The number of aromatic nitrogens is 2. The maximum absolute atomic E-state index is 11.7. The Bertz CT molecular complexity index is 500. The Morgan fingerprint density at radius 1 is 1.41 bits per heavy atom. The molecule has 5 heteroatoms. The molecule has 0 saturated carbocycles. The Kier molecular flexibility index (Phi) is 3.18. The van der Waals surface area contributed by atoms with E-state index >= 15 is 0 Å².